The van der Waals surface area contributed by atoms with Gasteiger partial charge in [-0.1, -0.05) is 184 Å². The van der Waals surface area contributed by atoms with Crippen molar-refractivity contribution in [2.24, 2.45) is 0 Å². The van der Waals surface area contributed by atoms with Crippen LogP contribution < -0.4 is 10.2 Å². The van der Waals surface area contributed by atoms with Crippen molar-refractivity contribution >= 4 is 13.7 Å². The lowest BCUT2D eigenvalue weighted by Crippen LogP contribution is -2.45. The largest absolute Gasteiger partial charge is 0.756 e. The highest BCUT2D eigenvalue weighted by molar-refractivity contribution is 7.45. The van der Waals surface area contributed by atoms with Crippen LogP contribution in [-0.4, -0.2) is 68.5 Å². The first-order valence-corrected chi connectivity index (χ1v) is 26.1. The Morgan fingerprint density at radius 2 is 0.983 bits per heavy atom. The summed E-state index contributed by atoms with van der Waals surface area (Å²) in [4.78, 5) is 25.3. The number of aliphatic hydroxyl groups excluding tert-OH is 1. The average molecular weight is 863 g/mol. The molecule has 0 bridgehead atoms. The normalized spacial score (nSPS) is 14.7. The second-order valence-electron chi connectivity index (χ2n) is 17.8. The van der Waals surface area contributed by atoms with Gasteiger partial charge in [-0.2, -0.15) is 0 Å². The molecule has 3 atom stereocenters. The zero-order valence-corrected chi connectivity index (χ0v) is 40.5. The smallest absolute Gasteiger partial charge is 0.268 e. The zero-order chi connectivity index (χ0) is 44.3. The fourth-order valence-corrected chi connectivity index (χ4v) is 7.47. The van der Waals surface area contributed by atoms with Crippen LogP contribution in [0, 0.1) is 0 Å². The number of quaternary nitrogens is 1. The molecule has 0 aromatic rings. The summed E-state index contributed by atoms with van der Waals surface area (Å²) in [5.41, 5.74) is 0. The maximum Gasteiger partial charge on any atom is 0.268 e. The number of nitrogens with zero attached hydrogens (tertiary/aromatic N) is 1. The van der Waals surface area contributed by atoms with Crippen LogP contribution in [0.25, 0.3) is 0 Å². The van der Waals surface area contributed by atoms with Crippen LogP contribution in [0.2, 0.25) is 0 Å². The van der Waals surface area contributed by atoms with Crippen LogP contribution in [0.15, 0.2) is 60.8 Å². The van der Waals surface area contributed by atoms with Gasteiger partial charge in [0.15, 0.2) is 0 Å². The molecule has 0 aliphatic rings. The lowest BCUT2D eigenvalue weighted by atomic mass is 10.1. The van der Waals surface area contributed by atoms with Gasteiger partial charge in [-0.25, -0.2) is 0 Å². The number of hydrogen-bond donors (Lipinski definition) is 2. The van der Waals surface area contributed by atoms with Gasteiger partial charge in [0.05, 0.1) is 39.9 Å². The Morgan fingerprint density at radius 1 is 0.583 bits per heavy atom. The number of aliphatic hydroxyl groups is 1. The van der Waals surface area contributed by atoms with E-state index in [0.29, 0.717) is 17.4 Å². The number of allylic oxidation sites excluding steroid dienone is 9. The molecular weight excluding hydrogens is 768 g/mol. The highest BCUT2D eigenvalue weighted by Crippen LogP contribution is 2.38. The maximum absolute atomic E-state index is 12.9. The third-order valence-corrected chi connectivity index (χ3v) is 11.6. The summed E-state index contributed by atoms with van der Waals surface area (Å²) in [5, 5.41) is 13.8. The number of carbonyl (C=O) groups excluding carboxylic acids is 1. The van der Waals surface area contributed by atoms with Gasteiger partial charge in [-0.3, -0.25) is 9.36 Å². The predicted molar refractivity (Wildman–Crippen MR) is 256 cm³/mol. The third kappa shape index (κ3) is 44.3. The summed E-state index contributed by atoms with van der Waals surface area (Å²) in [6.45, 7) is 4.57. The lowest BCUT2D eigenvalue weighted by molar-refractivity contribution is -0.870. The van der Waals surface area contributed by atoms with E-state index in [9.17, 15) is 19.4 Å². The molecular formula is C51H95N2O6P. The van der Waals surface area contributed by atoms with E-state index in [4.69, 9.17) is 9.05 Å². The molecule has 0 aromatic heterocycles. The molecule has 0 aliphatic heterocycles. The molecule has 2 N–H and O–H groups in total. The number of unbranched alkanes of at least 4 members (excludes halogenated alkanes) is 23. The van der Waals surface area contributed by atoms with Crippen molar-refractivity contribution in [3.05, 3.63) is 60.8 Å². The number of phosphoric acid groups is 1. The van der Waals surface area contributed by atoms with Crippen molar-refractivity contribution in [1.82, 2.24) is 5.32 Å². The van der Waals surface area contributed by atoms with Crippen LogP contribution in [0.1, 0.15) is 206 Å². The van der Waals surface area contributed by atoms with E-state index >= 15 is 0 Å². The molecule has 3 unspecified atom stereocenters. The van der Waals surface area contributed by atoms with Gasteiger partial charge >= 0.3 is 0 Å². The van der Waals surface area contributed by atoms with Gasteiger partial charge in [0, 0.05) is 6.42 Å². The molecule has 0 spiro atoms. The lowest BCUT2D eigenvalue weighted by Gasteiger charge is -2.29. The molecule has 1 amide bonds. The van der Waals surface area contributed by atoms with Crippen LogP contribution in [-0.2, 0) is 18.4 Å². The molecule has 9 heteroatoms. The van der Waals surface area contributed by atoms with Crippen LogP contribution >= 0.6 is 7.82 Å². The number of hydrogen-bond acceptors (Lipinski definition) is 6. The molecule has 60 heavy (non-hydrogen) atoms. The molecule has 8 nitrogen and oxygen atoms in total. The number of likely N-dealkylation sites (N-methyl/N-ethyl adjacent to an activating group) is 1. The van der Waals surface area contributed by atoms with Crippen molar-refractivity contribution in [2.45, 2.75) is 219 Å². The molecule has 0 fully saturated rings. The Kier molecular flexibility index (Phi) is 41.2. The van der Waals surface area contributed by atoms with E-state index < -0.39 is 26.6 Å². The van der Waals surface area contributed by atoms with Gasteiger partial charge in [0.1, 0.15) is 13.2 Å². The molecule has 0 heterocycles. The highest BCUT2D eigenvalue weighted by Gasteiger charge is 2.23. The first-order valence-electron chi connectivity index (χ1n) is 24.7. The van der Waals surface area contributed by atoms with Gasteiger partial charge in [-0.05, 0) is 77.0 Å². The Labute approximate surface area is 371 Å². The topological polar surface area (TPSA) is 108 Å². The predicted octanol–water partition coefficient (Wildman–Crippen LogP) is 13.6. The quantitative estimate of drug-likeness (QED) is 0.0273. The van der Waals surface area contributed by atoms with Gasteiger partial charge in [-0.15, -0.1) is 0 Å². The van der Waals surface area contributed by atoms with Crippen LogP contribution in [0.4, 0.5) is 0 Å². The Balaban J connectivity index is 4.30. The Bertz CT molecular complexity index is 1160. The van der Waals surface area contributed by atoms with Crippen molar-refractivity contribution in [3.63, 3.8) is 0 Å². The van der Waals surface area contributed by atoms with Gasteiger partial charge < -0.3 is 28.8 Å². The Hall–Kier alpha value is -1.80. The fraction of sp³-hybridized carbons (Fsp3) is 0.784. The van der Waals surface area contributed by atoms with Crippen molar-refractivity contribution in [3.8, 4) is 0 Å². The summed E-state index contributed by atoms with van der Waals surface area (Å²) in [6.07, 6.45) is 55.7. The number of phosphoric ester groups is 1. The second-order valence-corrected chi connectivity index (χ2v) is 19.2. The average Bonchev–Trinajstić information content (AvgIpc) is 3.20. The second kappa shape index (κ2) is 42.5. The SMILES string of the molecule is CCCCC/C=C/CC/C=C/CC/C=C/C(O)C(COP(=O)([O-])OCC[N+](C)(C)C)NC(=O)CCCCCCCCCCC/C=C\C/C=C\CCCCCCCCCCC. The molecule has 350 valence electrons. The summed E-state index contributed by atoms with van der Waals surface area (Å²) >= 11 is 0. The minimum Gasteiger partial charge on any atom is -0.756 e. The third-order valence-electron chi connectivity index (χ3n) is 10.7. The zero-order valence-electron chi connectivity index (χ0n) is 39.6. The standard InChI is InChI=1S/C51H95N2O6P/c1-6-8-10-12-14-16-18-20-21-22-23-24-25-26-27-28-29-30-31-33-35-37-39-41-43-45-51(55)52-49(48-59-60(56,57)58-47-46-53(3,4)5)50(54)44-42-40-38-36-34-32-19-17-15-13-11-9-7-2/h15,17,23-24,26-27,34,36,42,44,49-50,54H,6-14,16,18-22,25,28-33,35,37-41,43,45-48H2,1-5H3,(H-,52,55,56,57)/b17-15+,24-23-,27-26-,36-34+,44-42+. The summed E-state index contributed by atoms with van der Waals surface area (Å²) in [5.74, 6) is -0.218. The summed E-state index contributed by atoms with van der Waals surface area (Å²) in [7, 11) is 1.22. The minimum atomic E-state index is -4.60. The van der Waals surface area contributed by atoms with Crippen LogP contribution in [0.5, 0.6) is 0 Å². The molecule has 0 rings (SSSR count). The maximum atomic E-state index is 12.9. The van der Waals surface area contributed by atoms with Gasteiger partial charge in [0.25, 0.3) is 7.82 Å². The van der Waals surface area contributed by atoms with Crippen molar-refractivity contribution < 1.29 is 32.9 Å². The molecule has 0 saturated carbocycles. The van der Waals surface area contributed by atoms with E-state index in [1.165, 1.54) is 128 Å². The van der Waals surface area contributed by atoms with Crippen LogP contribution in [0.3, 0.4) is 0 Å². The van der Waals surface area contributed by atoms with E-state index in [1.54, 1.807) is 6.08 Å². The molecule has 0 aromatic carbocycles. The number of carbonyl (C=O) groups is 1. The molecule has 0 aliphatic carbocycles. The van der Waals surface area contributed by atoms with Gasteiger partial charge in [0.2, 0.25) is 5.91 Å². The highest BCUT2D eigenvalue weighted by atomic mass is 31.2. The molecule has 0 radical (unpaired) electrons. The first kappa shape index (κ1) is 58.2. The summed E-state index contributed by atoms with van der Waals surface area (Å²) < 4.78 is 23.2. The van der Waals surface area contributed by atoms with Crippen molar-refractivity contribution in [2.75, 3.05) is 40.9 Å². The number of amides is 1. The number of rotatable bonds is 44. The van der Waals surface area contributed by atoms with E-state index in [-0.39, 0.29) is 12.5 Å². The van der Waals surface area contributed by atoms with E-state index in [2.05, 4.69) is 67.8 Å². The van der Waals surface area contributed by atoms with E-state index in [0.717, 1.165) is 57.8 Å². The fourth-order valence-electron chi connectivity index (χ4n) is 6.74. The Morgan fingerprint density at radius 3 is 1.48 bits per heavy atom. The van der Waals surface area contributed by atoms with Crippen molar-refractivity contribution in [1.29, 1.82) is 0 Å². The monoisotopic (exact) mass is 863 g/mol. The number of nitrogens with one attached hydrogen (secondary N) is 1. The first-order chi connectivity index (χ1) is 29.0. The minimum absolute atomic E-state index is 0.0120. The van der Waals surface area contributed by atoms with E-state index in [1.807, 2.05) is 27.2 Å². The molecule has 0 saturated heterocycles. The summed E-state index contributed by atoms with van der Waals surface area (Å²) in [6, 6.07) is -0.913.